The molecule has 2 fully saturated rings. The van der Waals surface area contributed by atoms with Crippen LogP contribution in [0.2, 0.25) is 0 Å². The number of nitrogens with one attached hydrogen (secondary N) is 1. The van der Waals surface area contributed by atoms with Crippen LogP contribution in [0, 0.1) is 0 Å². The summed E-state index contributed by atoms with van der Waals surface area (Å²) in [7, 11) is 0. The Morgan fingerprint density at radius 1 is 1.38 bits per heavy atom. The number of carbonyl (C=O) groups excluding carboxylic acids is 1. The van der Waals surface area contributed by atoms with Crippen molar-refractivity contribution in [1.82, 2.24) is 15.1 Å². The number of amides is 2. The minimum absolute atomic E-state index is 0.0341. The van der Waals surface area contributed by atoms with Gasteiger partial charge in [0.2, 0.25) is 0 Å². The second kappa shape index (κ2) is 7.35. The predicted octanol–water partition coefficient (Wildman–Crippen LogP) is 1.42. The van der Waals surface area contributed by atoms with E-state index in [1.165, 1.54) is 17.7 Å². The fourth-order valence-corrected chi connectivity index (χ4v) is 4.33. The molecule has 3 unspecified atom stereocenters. The maximum absolute atomic E-state index is 12.4. The van der Waals surface area contributed by atoms with Crippen LogP contribution in [0.1, 0.15) is 33.1 Å². The molecule has 2 N–H and O–H groups in total. The van der Waals surface area contributed by atoms with Gasteiger partial charge in [0.25, 0.3) is 0 Å². The van der Waals surface area contributed by atoms with E-state index in [1.54, 1.807) is 11.8 Å². The number of aliphatic carboxylic acids is 1. The number of carbonyl (C=O) groups is 2. The molecule has 0 aromatic rings. The summed E-state index contributed by atoms with van der Waals surface area (Å²) in [4.78, 5) is 27.5. The smallest absolute Gasteiger partial charge is 0.327 e. The third-order valence-corrected chi connectivity index (χ3v) is 5.73. The normalized spacial score (nSPS) is 27.8. The molecule has 2 saturated heterocycles. The second-order valence-corrected chi connectivity index (χ2v) is 6.95. The van der Waals surface area contributed by atoms with Crippen molar-refractivity contribution >= 4 is 23.8 Å². The molecule has 2 heterocycles. The first-order chi connectivity index (χ1) is 10.0. The van der Waals surface area contributed by atoms with E-state index in [9.17, 15) is 14.7 Å². The van der Waals surface area contributed by atoms with Gasteiger partial charge >= 0.3 is 12.0 Å². The number of rotatable bonds is 5. The van der Waals surface area contributed by atoms with Crippen molar-refractivity contribution < 1.29 is 14.7 Å². The van der Waals surface area contributed by atoms with E-state index in [-0.39, 0.29) is 11.4 Å². The second-order valence-electron chi connectivity index (χ2n) is 5.74. The van der Waals surface area contributed by atoms with Gasteiger partial charge in [-0.25, -0.2) is 9.59 Å². The number of nitrogens with zero attached hydrogens (tertiary/aromatic N) is 2. The molecule has 0 aromatic heterocycles. The van der Waals surface area contributed by atoms with Crippen LogP contribution >= 0.6 is 11.8 Å². The lowest BCUT2D eigenvalue weighted by Crippen LogP contribution is -2.52. The van der Waals surface area contributed by atoms with Crippen LogP contribution in [-0.2, 0) is 4.79 Å². The Balaban J connectivity index is 1.89. The number of hydrogen-bond acceptors (Lipinski definition) is 4. The zero-order valence-corrected chi connectivity index (χ0v) is 13.6. The number of carboxylic acid groups (broad SMARTS) is 1. The Morgan fingerprint density at radius 2 is 2.05 bits per heavy atom. The van der Waals surface area contributed by atoms with Crippen molar-refractivity contribution in [3.05, 3.63) is 0 Å². The first kappa shape index (κ1) is 16.4. The summed E-state index contributed by atoms with van der Waals surface area (Å²) in [6.07, 6.45) is 3.21. The Labute approximate surface area is 130 Å². The SMILES string of the molecule is CCC1SCC(C(=O)O)N1C(=O)NCC(C)N1CCCC1. The quantitative estimate of drug-likeness (QED) is 0.803. The van der Waals surface area contributed by atoms with Crippen LogP contribution in [0.15, 0.2) is 0 Å². The van der Waals surface area contributed by atoms with Gasteiger partial charge in [-0.2, -0.15) is 0 Å². The maximum atomic E-state index is 12.4. The summed E-state index contributed by atoms with van der Waals surface area (Å²) in [6, 6.07) is -0.651. The third-order valence-electron chi connectivity index (χ3n) is 4.27. The molecule has 0 aliphatic carbocycles. The van der Waals surface area contributed by atoms with E-state index in [4.69, 9.17) is 0 Å². The monoisotopic (exact) mass is 315 g/mol. The molecule has 3 atom stereocenters. The van der Waals surface area contributed by atoms with Crippen molar-refractivity contribution in [3.63, 3.8) is 0 Å². The number of likely N-dealkylation sites (tertiary alicyclic amines) is 1. The van der Waals surface area contributed by atoms with Gasteiger partial charge in [-0.05, 0) is 39.3 Å². The summed E-state index contributed by atoms with van der Waals surface area (Å²) >= 11 is 1.55. The maximum Gasteiger partial charge on any atom is 0.327 e. The van der Waals surface area contributed by atoms with Crippen molar-refractivity contribution in [2.45, 2.75) is 50.6 Å². The van der Waals surface area contributed by atoms with Crippen molar-refractivity contribution in [2.75, 3.05) is 25.4 Å². The fourth-order valence-electron chi connectivity index (χ4n) is 2.98. The highest BCUT2D eigenvalue weighted by Crippen LogP contribution is 2.31. The summed E-state index contributed by atoms with van der Waals surface area (Å²) in [5.41, 5.74) is 0. The van der Waals surface area contributed by atoms with Crippen molar-refractivity contribution in [1.29, 1.82) is 0 Å². The number of thioether (sulfide) groups is 1. The molecule has 0 spiro atoms. The summed E-state index contributed by atoms with van der Waals surface area (Å²) in [5.74, 6) is -0.440. The van der Waals surface area contributed by atoms with Crippen LogP contribution in [0.5, 0.6) is 0 Å². The molecular weight excluding hydrogens is 290 g/mol. The highest BCUT2D eigenvalue weighted by molar-refractivity contribution is 8.00. The summed E-state index contributed by atoms with van der Waals surface area (Å²) in [5, 5.41) is 12.1. The van der Waals surface area contributed by atoms with E-state index in [1.807, 2.05) is 6.92 Å². The molecule has 0 saturated carbocycles. The van der Waals surface area contributed by atoms with E-state index < -0.39 is 12.0 Å². The van der Waals surface area contributed by atoms with Gasteiger partial charge in [0.05, 0.1) is 5.37 Å². The van der Waals surface area contributed by atoms with Gasteiger partial charge < -0.3 is 10.4 Å². The zero-order valence-electron chi connectivity index (χ0n) is 12.7. The minimum Gasteiger partial charge on any atom is -0.480 e. The lowest BCUT2D eigenvalue weighted by atomic mass is 10.2. The van der Waals surface area contributed by atoms with Gasteiger partial charge in [0, 0.05) is 18.3 Å². The lowest BCUT2D eigenvalue weighted by Gasteiger charge is -2.29. The Bertz CT molecular complexity index is 388. The molecule has 7 heteroatoms. The Hall–Kier alpha value is -0.950. The van der Waals surface area contributed by atoms with Crippen LogP contribution in [-0.4, -0.2) is 69.8 Å². The van der Waals surface area contributed by atoms with Gasteiger partial charge in [0.1, 0.15) is 6.04 Å². The molecule has 0 aromatic carbocycles. The largest absolute Gasteiger partial charge is 0.480 e. The van der Waals surface area contributed by atoms with Gasteiger partial charge in [-0.1, -0.05) is 6.92 Å². The molecule has 2 aliphatic rings. The molecule has 120 valence electrons. The van der Waals surface area contributed by atoms with Gasteiger partial charge in [-0.15, -0.1) is 11.8 Å². The van der Waals surface area contributed by atoms with Crippen LogP contribution in [0.4, 0.5) is 4.79 Å². The number of carboxylic acids is 1. The summed E-state index contributed by atoms with van der Waals surface area (Å²) in [6.45, 7) is 6.84. The van der Waals surface area contributed by atoms with Crippen molar-refractivity contribution in [3.8, 4) is 0 Å². The first-order valence-electron chi connectivity index (χ1n) is 7.69. The zero-order chi connectivity index (χ0) is 15.4. The third kappa shape index (κ3) is 3.83. The molecule has 6 nitrogen and oxygen atoms in total. The average molecular weight is 315 g/mol. The molecule has 2 aliphatic heterocycles. The molecular formula is C14H25N3O3S. The summed E-state index contributed by atoms with van der Waals surface area (Å²) < 4.78 is 0. The molecule has 0 bridgehead atoms. The molecule has 2 amide bonds. The Morgan fingerprint density at radius 3 is 2.62 bits per heavy atom. The fraction of sp³-hybridized carbons (Fsp3) is 0.857. The lowest BCUT2D eigenvalue weighted by molar-refractivity contribution is -0.141. The van der Waals surface area contributed by atoms with Crippen molar-refractivity contribution in [2.24, 2.45) is 0 Å². The predicted molar refractivity (Wildman–Crippen MR) is 83.5 cm³/mol. The Kier molecular flexibility index (Phi) is 5.75. The van der Waals surface area contributed by atoms with E-state index in [0.717, 1.165) is 19.5 Å². The van der Waals surface area contributed by atoms with Crippen LogP contribution in [0.3, 0.4) is 0 Å². The van der Waals surface area contributed by atoms with Gasteiger partial charge in [-0.3, -0.25) is 9.80 Å². The number of hydrogen-bond donors (Lipinski definition) is 2. The van der Waals surface area contributed by atoms with E-state index in [0.29, 0.717) is 18.3 Å². The van der Waals surface area contributed by atoms with Crippen LogP contribution < -0.4 is 5.32 Å². The minimum atomic E-state index is -0.916. The highest BCUT2D eigenvalue weighted by Gasteiger charge is 2.40. The van der Waals surface area contributed by atoms with Gasteiger partial charge in [0.15, 0.2) is 0 Å². The average Bonchev–Trinajstić information content (AvgIpc) is 3.12. The first-order valence-corrected chi connectivity index (χ1v) is 8.74. The molecule has 2 rings (SSSR count). The highest BCUT2D eigenvalue weighted by atomic mass is 32.2. The molecule has 21 heavy (non-hydrogen) atoms. The van der Waals surface area contributed by atoms with E-state index in [2.05, 4.69) is 17.1 Å². The topological polar surface area (TPSA) is 72.9 Å². The van der Waals surface area contributed by atoms with E-state index >= 15 is 0 Å². The van der Waals surface area contributed by atoms with Crippen LogP contribution in [0.25, 0.3) is 0 Å². The molecule has 0 radical (unpaired) electrons. The standard InChI is InChI=1S/C14H25N3O3S/c1-3-12-17(11(9-21-12)13(18)19)14(20)15-8-10(2)16-6-4-5-7-16/h10-12H,3-9H2,1-2H3,(H,15,20)(H,18,19). The number of urea groups is 1.